The van der Waals surface area contributed by atoms with E-state index >= 15 is 0 Å². The number of imidazole rings is 1. The molecule has 1 fully saturated rings. The van der Waals surface area contributed by atoms with E-state index in [9.17, 15) is 0 Å². The third-order valence-electron chi connectivity index (χ3n) is 3.81. The Morgan fingerprint density at radius 2 is 2.11 bits per heavy atom. The van der Waals surface area contributed by atoms with Crippen LogP contribution in [0.15, 0.2) is 35.1 Å². The topological polar surface area (TPSA) is 17.8 Å². The lowest BCUT2D eigenvalue weighted by molar-refractivity contribution is 0.501. The third kappa shape index (κ3) is 2.87. The highest BCUT2D eigenvalue weighted by atomic mass is 79.9. The van der Waals surface area contributed by atoms with Crippen molar-refractivity contribution in [2.24, 2.45) is 0 Å². The van der Waals surface area contributed by atoms with E-state index in [0.717, 1.165) is 21.7 Å². The molecule has 0 radical (unpaired) electrons. The second kappa shape index (κ2) is 5.68. The SMILES string of the molecule is Clc1ccc(Cc2nccn2C2CCCC2)cc1Br. The van der Waals surface area contributed by atoms with Crippen LogP contribution in [0, 0.1) is 0 Å². The molecule has 0 spiro atoms. The number of hydrogen-bond donors (Lipinski definition) is 0. The zero-order valence-electron chi connectivity index (χ0n) is 10.6. The lowest BCUT2D eigenvalue weighted by Crippen LogP contribution is -2.08. The summed E-state index contributed by atoms with van der Waals surface area (Å²) in [5.41, 5.74) is 1.24. The minimum absolute atomic E-state index is 0.647. The summed E-state index contributed by atoms with van der Waals surface area (Å²) in [5, 5.41) is 0.753. The fraction of sp³-hybridized carbons (Fsp3) is 0.400. The first-order chi connectivity index (χ1) is 9.24. The van der Waals surface area contributed by atoms with Gasteiger partial charge in [-0.15, -0.1) is 0 Å². The van der Waals surface area contributed by atoms with Gasteiger partial charge in [0.15, 0.2) is 0 Å². The highest BCUT2D eigenvalue weighted by Gasteiger charge is 2.19. The molecule has 0 N–H and O–H groups in total. The first-order valence-corrected chi connectivity index (χ1v) is 7.87. The quantitative estimate of drug-likeness (QED) is 0.769. The highest BCUT2D eigenvalue weighted by molar-refractivity contribution is 9.10. The number of hydrogen-bond acceptors (Lipinski definition) is 1. The van der Waals surface area contributed by atoms with Crippen molar-refractivity contribution >= 4 is 27.5 Å². The fourth-order valence-corrected chi connectivity index (χ4v) is 3.37. The molecule has 2 nitrogen and oxygen atoms in total. The van der Waals surface area contributed by atoms with Gasteiger partial charge in [0.25, 0.3) is 0 Å². The summed E-state index contributed by atoms with van der Waals surface area (Å²) in [6.45, 7) is 0. The molecule has 4 heteroatoms. The molecule has 0 saturated heterocycles. The molecule has 3 rings (SSSR count). The molecule has 0 atom stereocenters. The number of aromatic nitrogens is 2. The number of rotatable bonds is 3. The molecule has 0 unspecified atom stereocenters. The summed E-state index contributed by atoms with van der Waals surface area (Å²) in [5.74, 6) is 1.15. The molecule has 2 aromatic rings. The van der Waals surface area contributed by atoms with Crippen LogP contribution in [0.25, 0.3) is 0 Å². The predicted molar refractivity (Wildman–Crippen MR) is 81.7 cm³/mol. The monoisotopic (exact) mass is 338 g/mol. The molecule has 0 aliphatic heterocycles. The van der Waals surface area contributed by atoms with Gasteiger partial charge in [-0.2, -0.15) is 0 Å². The molecule has 1 aromatic carbocycles. The lowest BCUT2D eigenvalue weighted by Gasteiger charge is -2.15. The molecule has 19 heavy (non-hydrogen) atoms. The van der Waals surface area contributed by atoms with Gasteiger partial charge in [0, 0.05) is 29.3 Å². The van der Waals surface area contributed by atoms with Gasteiger partial charge < -0.3 is 4.57 Å². The zero-order valence-corrected chi connectivity index (χ0v) is 13.0. The van der Waals surface area contributed by atoms with Gasteiger partial charge >= 0.3 is 0 Å². The Hall–Kier alpha value is -0.800. The van der Waals surface area contributed by atoms with Gasteiger partial charge in [0.1, 0.15) is 5.82 Å². The first-order valence-electron chi connectivity index (χ1n) is 6.69. The van der Waals surface area contributed by atoms with Gasteiger partial charge in [0.2, 0.25) is 0 Å². The van der Waals surface area contributed by atoms with Gasteiger partial charge in [-0.1, -0.05) is 30.5 Å². The van der Waals surface area contributed by atoms with Crippen LogP contribution in [0.2, 0.25) is 5.02 Å². The molecular formula is C15H16BrClN2. The Labute approximate surface area is 126 Å². The summed E-state index contributed by atoms with van der Waals surface area (Å²) in [7, 11) is 0. The molecular weight excluding hydrogens is 324 g/mol. The van der Waals surface area contributed by atoms with Crippen molar-refractivity contribution in [1.82, 2.24) is 9.55 Å². The molecule has 1 aliphatic rings. The van der Waals surface area contributed by atoms with E-state index in [-0.39, 0.29) is 0 Å². The largest absolute Gasteiger partial charge is 0.332 e. The minimum Gasteiger partial charge on any atom is -0.332 e. The second-order valence-electron chi connectivity index (χ2n) is 5.11. The van der Waals surface area contributed by atoms with Gasteiger partial charge in [0.05, 0.1) is 5.02 Å². The second-order valence-corrected chi connectivity index (χ2v) is 6.38. The van der Waals surface area contributed by atoms with Crippen molar-refractivity contribution in [3.63, 3.8) is 0 Å². The standard InChI is InChI=1S/C15H16BrClN2/c16-13-9-11(5-6-14(13)17)10-15-18-7-8-19(15)12-3-1-2-4-12/h5-9,12H,1-4,10H2. The summed E-state index contributed by atoms with van der Waals surface area (Å²) in [6, 6.07) is 6.73. The van der Waals surface area contributed by atoms with Crippen LogP contribution in [-0.2, 0) is 6.42 Å². The first kappa shape index (κ1) is 13.2. The molecule has 1 saturated carbocycles. The summed E-state index contributed by atoms with van der Waals surface area (Å²) in [4.78, 5) is 4.52. The maximum Gasteiger partial charge on any atom is 0.113 e. The van der Waals surface area contributed by atoms with Crippen LogP contribution in [0.3, 0.4) is 0 Å². The summed E-state index contributed by atoms with van der Waals surface area (Å²) < 4.78 is 3.31. The van der Waals surface area contributed by atoms with E-state index in [0.29, 0.717) is 6.04 Å². The maximum absolute atomic E-state index is 6.03. The molecule has 0 bridgehead atoms. The molecule has 0 amide bonds. The predicted octanol–water partition coefficient (Wildman–Crippen LogP) is 5.00. The Morgan fingerprint density at radius 3 is 2.84 bits per heavy atom. The van der Waals surface area contributed by atoms with Crippen LogP contribution < -0.4 is 0 Å². The number of halogens is 2. The van der Waals surface area contributed by atoms with Gasteiger partial charge in [-0.05, 0) is 46.5 Å². The number of nitrogens with zero attached hydrogens (tertiary/aromatic N) is 2. The third-order valence-corrected chi connectivity index (χ3v) is 5.03. The van der Waals surface area contributed by atoms with E-state index in [1.807, 2.05) is 12.3 Å². The molecule has 100 valence electrons. The highest BCUT2D eigenvalue weighted by Crippen LogP contribution is 2.31. The van der Waals surface area contributed by atoms with Crippen molar-refractivity contribution in [2.75, 3.05) is 0 Å². The summed E-state index contributed by atoms with van der Waals surface area (Å²) in [6.07, 6.45) is 10.2. The van der Waals surface area contributed by atoms with Gasteiger partial charge in [-0.3, -0.25) is 0 Å². The van der Waals surface area contributed by atoms with E-state index in [4.69, 9.17) is 11.6 Å². The molecule has 1 aromatic heterocycles. The molecule has 1 aliphatic carbocycles. The zero-order chi connectivity index (χ0) is 13.2. The Balaban J connectivity index is 1.83. The van der Waals surface area contributed by atoms with Crippen LogP contribution in [0.4, 0.5) is 0 Å². The lowest BCUT2D eigenvalue weighted by atomic mass is 10.1. The minimum atomic E-state index is 0.647. The van der Waals surface area contributed by atoms with Crippen LogP contribution in [0.5, 0.6) is 0 Å². The number of benzene rings is 1. The normalized spacial score (nSPS) is 16.1. The Kier molecular flexibility index (Phi) is 3.94. The van der Waals surface area contributed by atoms with Crippen LogP contribution in [0.1, 0.15) is 43.1 Å². The van der Waals surface area contributed by atoms with Crippen LogP contribution >= 0.6 is 27.5 Å². The van der Waals surface area contributed by atoms with Crippen molar-refractivity contribution in [3.05, 3.63) is 51.5 Å². The van der Waals surface area contributed by atoms with Crippen molar-refractivity contribution in [3.8, 4) is 0 Å². The van der Waals surface area contributed by atoms with Gasteiger partial charge in [-0.25, -0.2) is 4.98 Å². The van der Waals surface area contributed by atoms with E-state index < -0.39 is 0 Å². The van der Waals surface area contributed by atoms with Crippen molar-refractivity contribution in [1.29, 1.82) is 0 Å². The Bertz CT molecular complexity index is 573. The fourth-order valence-electron chi connectivity index (χ4n) is 2.83. The average Bonchev–Trinajstić information content (AvgIpc) is 3.04. The smallest absolute Gasteiger partial charge is 0.113 e. The summed E-state index contributed by atoms with van der Waals surface area (Å²) >= 11 is 9.51. The van der Waals surface area contributed by atoms with Crippen LogP contribution in [-0.4, -0.2) is 9.55 Å². The van der Waals surface area contributed by atoms with E-state index in [1.165, 1.54) is 31.2 Å². The van der Waals surface area contributed by atoms with E-state index in [2.05, 4.69) is 43.8 Å². The molecule has 1 heterocycles. The maximum atomic E-state index is 6.03. The average molecular weight is 340 g/mol. The van der Waals surface area contributed by atoms with E-state index in [1.54, 1.807) is 0 Å². The van der Waals surface area contributed by atoms with Crippen molar-refractivity contribution in [2.45, 2.75) is 38.1 Å². The van der Waals surface area contributed by atoms with Crippen molar-refractivity contribution < 1.29 is 0 Å². The Morgan fingerprint density at radius 1 is 1.32 bits per heavy atom.